The van der Waals surface area contributed by atoms with Crippen molar-refractivity contribution >= 4 is 28.4 Å². The number of phenols is 1. The summed E-state index contributed by atoms with van der Waals surface area (Å²) < 4.78 is 6.24. The summed E-state index contributed by atoms with van der Waals surface area (Å²) in [7, 11) is 0. The molecule has 190 valence electrons. The fourth-order valence-corrected chi connectivity index (χ4v) is 5.61. The molecule has 0 aliphatic heterocycles. The summed E-state index contributed by atoms with van der Waals surface area (Å²) in [5.74, 6) is 1.34. The van der Waals surface area contributed by atoms with Crippen molar-refractivity contribution in [1.29, 1.82) is 0 Å². The van der Waals surface area contributed by atoms with Crippen molar-refractivity contribution in [2.75, 3.05) is 6.61 Å². The van der Waals surface area contributed by atoms with E-state index in [4.69, 9.17) is 27.7 Å². The van der Waals surface area contributed by atoms with Gasteiger partial charge in [-0.1, -0.05) is 67.7 Å². The number of fused-ring (bicyclic) bond motifs is 2. The van der Waals surface area contributed by atoms with Crippen LogP contribution in [0.3, 0.4) is 0 Å². The molecular formula is C32H34N2O2S. The molecule has 0 amide bonds. The largest absolute Gasteiger partial charge is 0.507 e. The molecule has 4 nitrogen and oxygen atoms in total. The molecule has 3 aromatic rings. The molecule has 1 unspecified atom stereocenters. The van der Waals surface area contributed by atoms with Crippen molar-refractivity contribution in [2.45, 2.75) is 52.4 Å². The van der Waals surface area contributed by atoms with E-state index in [1.54, 1.807) is 6.07 Å². The summed E-state index contributed by atoms with van der Waals surface area (Å²) in [6.07, 6.45) is 3.92. The quantitative estimate of drug-likeness (QED) is 0.267. The maximum atomic E-state index is 10.5. The lowest BCUT2D eigenvalue weighted by molar-refractivity contribution is 0.341. The van der Waals surface area contributed by atoms with Gasteiger partial charge in [-0.05, 0) is 79.3 Å². The van der Waals surface area contributed by atoms with Crippen LogP contribution in [0.15, 0.2) is 60.7 Å². The Balaban J connectivity index is 1.43. The lowest BCUT2D eigenvalue weighted by Gasteiger charge is -2.18. The Labute approximate surface area is 224 Å². The summed E-state index contributed by atoms with van der Waals surface area (Å²) in [5.41, 5.74) is 16.7. The summed E-state index contributed by atoms with van der Waals surface area (Å²) in [6.45, 7) is 10.5. The van der Waals surface area contributed by atoms with Crippen molar-refractivity contribution in [3.63, 3.8) is 0 Å². The fraction of sp³-hybridized carbons (Fsp3) is 0.312. The number of allylic oxidation sites excluding steroid dienone is 1. The van der Waals surface area contributed by atoms with Crippen LogP contribution in [0, 0.1) is 12.8 Å². The molecule has 37 heavy (non-hydrogen) atoms. The topological polar surface area (TPSA) is 68.4 Å². The normalized spacial score (nSPS) is 17.2. The van der Waals surface area contributed by atoms with Crippen LogP contribution in [0.5, 0.6) is 11.6 Å². The van der Waals surface area contributed by atoms with Gasteiger partial charge in [0.15, 0.2) is 0 Å². The number of benzene rings is 2. The van der Waals surface area contributed by atoms with E-state index < -0.39 is 0 Å². The highest BCUT2D eigenvalue weighted by atomic mass is 32.1. The Morgan fingerprint density at radius 2 is 1.89 bits per heavy atom. The molecule has 1 fully saturated rings. The molecule has 0 bridgehead atoms. The van der Waals surface area contributed by atoms with Gasteiger partial charge in [-0.25, -0.2) is 4.98 Å². The summed E-state index contributed by atoms with van der Waals surface area (Å²) in [5, 5.41) is 10.5. The molecule has 0 saturated heterocycles. The molecule has 1 saturated carbocycles. The fourth-order valence-electron chi connectivity index (χ4n) is 5.20. The van der Waals surface area contributed by atoms with Crippen LogP contribution in [0.25, 0.3) is 11.3 Å². The van der Waals surface area contributed by atoms with Gasteiger partial charge in [0, 0.05) is 28.0 Å². The second kappa shape index (κ2) is 10.1. The molecule has 1 atom stereocenters. The maximum absolute atomic E-state index is 10.5. The third-order valence-electron chi connectivity index (χ3n) is 7.51. The standard InChI is InChI=1S/C32H34N2O2S/c1-18(2)22-10-11-23-14-20(4)31-24(16-25(23)15-22)12-13-28(34-31)36-17-26(32(37)21-8-9-21)30(33)29-19(3)6-5-7-27(29)35/h5-7,10-13,15,20-21,35H,1,8-9,14,16-17,33H2,2-4H3. The number of hydrogen-bond donors (Lipinski definition) is 2. The van der Waals surface area contributed by atoms with Gasteiger partial charge in [0.05, 0.1) is 11.4 Å². The van der Waals surface area contributed by atoms with E-state index in [2.05, 4.69) is 37.8 Å². The number of rotatable bonds is 7. The Kier molecular flexibility index (Phi) is 6.91. The Morgan fingerprint density at radius 3 is 2.59 bits per heavy atom. The van der Waals surface area contributed by atoms with Crippen LogP contribution in [-0.2, 0) is 12.8 Å². The zero-order chi connectivity index (χ0) is 26.3. The molecule has 1 aromatic heterocycles. The predicted octanol–water partition coefficient (Wildman–Crippen LogP) is 6.91. The minimum Gasteiger partial charge on any atom is -0.507 e. The smallest absolute Gasteiger partial charge is 0.213 e. The third kappa shape index (κ3) is 5.19. The van der Waals surface area contributed by atoms with Crippen LogP contribution in [0.4, 0.5) is 0 Å². The van der Waals surface area contributed by atoms with Crippen molar-refractivity contribution in [3.8, 4) is 11.6 Å². The first-order valence-electron chi connectivity index (χ1n) is 12.9. The van der Waals surface area contributed by atoms with Crippen molar-refractivity contribution in [2.24, 2.45) is 11.7 Å². The Bertz CT molecular complexity index is 1410. The van der Waals surface area contributed by atoms with Gasteiger partial charge in [-0.3, -0.25) is 0 Å². The van der Waals surface area contributed by atoms with Gasteiger partial charge in [0.1, 0.15) is 12.4 Å². The first-order chi connectivity index (χ1) is 17.7. The maximum Gasteiger partial charge on any atom is 0.213 e. The number of phenolic OH excluding ortho intramolecular Hbond substituents is 1. The minimum atomic E-state index is 0.153. The third-order valence-corrected chi connectivity index (χ3v) is 8.09. The Hall–Kier alpha value is -3.44. The van der Waals surface area contributed by atoms with Gasteiger partial charge < -0.3 is 15.6 Å². The first kappa shape index (κ1) is 25.2. The van der Waals surface area contributed by atoms with E-state index in [0.29, 0.717) is 23.1 Å². The molecule has 2 aliphatic rings. The van der Waals surface area contributed by atoms with Gasteiger partial charge in [-0.2, -0.15) is 0 Å². The molecule has 5 rings (SSSR count). The van der Waals surface area contributed by atoms with Gasteiger partial charge in [-0.15, -0.1) is 0 Å². The summed E-state index contributed by atoms with van der Waals surface area (Å²) >= 11 is 5.82. The monoisotopic (exact) mass is 510 g/mol. The lowest BCUT2D eigenvalue weighted by atomic mass is 9.95. The average molecular weight is 511 g/mol. The minimum absolute atomic E-state index is 0.153. The number of pyridine rings is 1. The van der Waals surface area contributed by atoms with Crippen LogP contribution in [-0.4, -0.2) is 21.6 Å². The van der Waals surface area contributed by atoms with Crippen LogP contribution >= 0.6 is 12.2 Å². The highest BCUT2D eigenvalue weighted by Gasteiger charge is 2.31. The van der Waals surface area contributed by atoms with E-state index in [0.717, 1.165) is 53.0 Å². The van der Waals surface area contributed by atoms with Crippen molar-refractivity contribution in [3.05, 3.63) is 99.8 Å². The zero-order valence-electron chi connectivity index (χ0n) is 21.8. The van der Waals surface area contributed by atoms with Crippen molar-refractivity contribution in [1.82, 2.24) is 4.98 Å². The number of aromatic nitrogens is 1. The zero-order valence-corrected chi connectivity index (χ0v) is 22.6. The average Bonchev–Trinajstić information content (AvgIpc) is 3.71. The van der Waals surface area contributed by atoms with Gasteiger partial charge >= 0.3 is 0 Å². The van der Waals surface area contributed by atoms with E-state index in [1.807, 2.05) is 32.0 Å². The summed E-state index contributed by atoms with van der Waals surface area (Å²) in [4.78, 5) is 5.78. The van der Waals surface area contributed by atoms with E-state index in [-0.39, 0.29) is 18.3 Å². The molecular weight excluding hydrogens is 476 g/mol. The number of hydrogen-bond acceptors (Lipinski definition) is 5. The van der Waals surface area contributed by atoms with Gasteiger partial charge in [0.2, 0.25) is 5.88 Å². The number of ether oxygens (including phenoxy) is 1. The lowest BCUT2D eigenvalue weighted by Crippen LogP contribution is -2.18. The second-order valence-electron chi connectivity index (χ2n) is 10.5. The van der Waals surface area contributed by atoms with Crippen LogP contribution in [0.1, 0.15) is 71.7 Å². The molecule has 1 heterocycles. The predicted molar refractivity (Wildman–Crippen MR) is 155 cm³/mol. The molecule has 3 N–H and O–H groups in total. The SMILES string of the molecule is C=C(C)c1ccc2c(c1)Cc1ccc(OCC(C(=S)C3CC3)=C(N)c3c(C)cccc3O)nc1C(C)C2. The Morgan fingerprint density at radius 1 is 1.14 bits per heavy atom. The molecule has 5 heteroatoms. The molecule has 0 radical (unpaired) electrons. The summed E-state index contributed by atoms with van der Waals surface area (Å²) in [6, 6.07) is 16.2. The first-order valence-corrected chi connectivity index (χ1v) is 13.4. The van der Waals surface area contributed by atoms with Crippen LogP contribution < -0.4 is 10.5 Å². The highest BCUT2D eigenvalue weighted by Crippen LogP contribution is 2.37. The second-order valence-corrected chi connectivity index (χ2v) is 11.0. The number of aryl methyl sites for hydroxylation is 1. The number of nitrogens with two attached hydrogens (primary N) is 1. The van der Waals surface area contributed by atoms with E-state index >= 15 is 0 Å². The van der Waals surface area contributed by atoms with Crippen LogP contribution in [0.2, 0.25) is 0 Å². The molecule has 0 spiro atoms. The number of nitrogens with zero attached hydrogens (tertiary/aromatic N) is 1. The molecule has 2 aromatic carbocycles. The highest BCUT2D eigenvalue weighted by molar-refractivity contribution is 7.81. The van der Waals surface area contributed by atoms with Crippen molar-refractivity contribution < 1.29 is 9.84 Å². The number of aromatic hydroxyl groups is 1. The molecule has 2 aliphatic carbocycles. The van der Waals surface area contributed by atoms with E-state index in [1.165, 1.54) is 22.3 Å². The van der Waals surface area contributed by atoms with E-state index in [9.17, 15) is 5.11 Å². The number of thiocarbonyl (C=S) groups is 1. The van der Waals surface area contributed by atoms with Gasteiger partial charge in [0.25, 0.3) is 0 Å².